The Balaban J connectivity index is 1.42. The number of imidazole rings is 1. The maximum Gasteiger partial charge on any atom is 0.419 e. The Morgan fingerprint density at radius 3 is 2.57 bits per heavy atom. The first kappa shape index (κ1) is 24.3. The number of ether oxygens (including phenoxy) is 2. The average molecular weight is 514 g/mol. The molecule has 0 saturated carbocycles. The van der Waals surface area contributed by atoms with Crippen LogP contribution in [0.1, 0.15) is 11.3 Å². The molecule has 1 aromatic carbocycles. The summed E-state index contributed by atoms with van der Waals surface area (Å²) in [6.07, 6.45) is -4.54. The predicted molar refractivity (Wildman–Crippen MR) is 126 cm³/mol. The first-order chi connectivity index (χ1) is 17.5. The van der Waals surface area contributed by atoms with Crippen molar-refractivity contribution in [1.82, 2.24) is 24.9 Å². The normalized spacial score (nSPS) is 14.8. The van der Waals surface area contributed by atoms with Crippen molar-refractivity contribution in [2.45, 2.75) is 18.6 Å². The molecule has 37 heavy (non-hydrogen) atoms. The van der Waals surface area contributed by atoms with E-state index in [0.717, 1.165) is 11.6 Å². The van der Waals surface area contributed by atoms with Crippen LogP contribution in [-0.4, -0.2) is 56.1 Å². The van der Waals surface area contributed by atoms with E-state index in [1.165, 1.54) is 10.7 Å². The SMILES string of the molecule is Cc1nc2ccc(-c3ccc(OCC4(NC(=O)O)COC4)cc3)nn2c1-c1cnc(N)c(C(F)(F)F)c1. The van der Waals surface area contributed by atoms with Crippen LogP contribution in [0.2, 0.25) is 0 Å². The molecule has 13 heteroatoms. The first-order valence-electron chi connectivity index (χ1n) is 11.1. The van der Waals surface area contributed by atoms with Crippen molar-refractivity contribution in [2.75, 3.05) is 25.6 Å². The summed E-state index contributed by atoms with van der Waals surface area (Å²) in [5, 5.41) is 16.0. The number of fused-ring (bicyclic) bond motifs is 1. The number of halogens is 3. The zero-order chi connectivity index (χ0) is 26.4. The quantitative estimate of drug-likeness (QED) is 0.354. The highest BCUT2D eigenvalue weighted by Crippen LogP contribution is 2.36. The third-order valence-electron chi connectivity index (χ3n) is 5.94. The molecule has 1 amide bonds. The summed E-state index contributed by atoms with van der Waals surface area (Å²) in [5.41, 5.74) is 6.41. The topological polar surface area (TPSA) is 137 Å². The van der Waals surface area contributed by atoms with Crippen molar-refractivity contribution in [2.24, 2.45) is 0 Å². The van der Waals surface area contributed by atoms with Crippen LogP contribution in [0.5, 0.6) is 5.75 Å². The number of rotatable bonds is 6. The summed E-state index contributed by atoms with van der Waals surface area (Å²) in [7, 11) is 0. The van der Waals surface area contributed by atoms with Gasteiger partial charge in [0, 0.05) is 17.3 Å². The minimum atomic E-state index is -4.65. The van der Waals surface area contributed by atoms with Gasteiger partial charge in [-0.25, -0.2) is 19.3 Å². The number of benzene rings is 1. The number of nitrogens with one attached hydrogen (secondary N) is 1. The van der Waals surface area contributed by atoms with E-state index in [1.54, 1.807) is 43.3 Å². The van der Waals surface area contributed by atoms with E-state index in [4.69, 9.17) is 20.3 Å². The lowest BCUT2D eigenvalue weighted by molar-refractivity contribution is -0.137. The van der Waals surface area contributed by atoms with E-state index in [2.05, 4.69) is 20.4 Å². The Kier molecular flexibility index (Phi) is 5.86. The number of hydrogen-bond acceptors (Lipinski definition) is 7. The molecular weight excluding hydrogens is 493 g/mol. The third-order valence-corrected chi connectivity index (χ3v) is 5.94. The van der Waals surface area contributed by atoms with Gasteiger partial charge in [0.05, 0.1) is 35.9 Å². The van der Waals surface area contributed by atoms with Gasteiger partial charge >= 0.3 is 12.3 Å². The number of anilines is 1. The zero-order valence-electron chi connectivity index (χ0n) is 19.4. The number of nitrogens with zero attached hydrogens (tertiary/aromatic N) is 4. The van der Waals surface area contributed by atoms with Gasteiger partial charge in [0.25, 0.3) is 0 Å². The van der Waals surface area contributed by atoms with Crippen molar-refractivity contribution in [3.63, 3.8) is 0 Å². The molecule has 0 unspecified atom stereocenters. The largest absolute Gasteiger partial charge is 0.491 e. The number of carbonyl (C=O) groups is 1. The molecule has 1 saturated heterocycles. The Morgan fingerprint density at radius 1 is 1.22 bits per heavy atom. The number of nitrogens with two attached hydrogens (primary N) is 1. The number of aromatic nitrogens is 4. The Hall–Kier alpha value is -4.39. The van der Waals surface area contributed by atoms with E-state index < -0.39 is 29.2 Å². The predicted octanol–water partition coefficient (Wildman–Crippen LogP) is 3.78. The molecule has 192 valence electrons. The van der Waals surface area contributed by atoms with Gasteiger partial charge in [-0.3, -0.25) is 0 Å². The maximum absolute atomic E-state index is 13.4. The van der Waals surface area contributed by atoms with E-state index in [1.807, 2.05) is 0 Å². The summed E-state index contributed by atoms with van der Waals surface area (Å²) in [6, 6.07) is 11.4. The third kappa shape index (κ3) is 4.72. The lowest BCUT2D eigenvalue weighted by Gasteiger charge is -2.40. The monoisotopic (exact) mass is 514 g/mol. The minimum absolute atomic E-state index is 0.107. The van der Waals surface area contributed by atoms with E-state index in [-0.39, 0.29) is 25.4 Å². The molecule has 0 radical (unpaired) electrons. The fourth-order valence-electron chi connectivity index (χ4n) is 4.07. The zero-order valence-corrected chi connectivity index (χ0v) is 19.4. The van der Waals surface area contributed by atoms with Gasteiger partial charge in [0.15, 0.2) is 5.65 Å². The van der Waals surface area contributed by atoms with Crippen LogP contribution < -0.4 is 15.8 Å². The van der Waals surface area contributed by atoms with E-state index in [9.17, 15) is 18.0 Å². The highest BCUT2D eigenvalue weighted by Gasteiger charge is 2.41. The molecule has 1 fully saturated rings. The van der Waals surface area contributed by atoms with Crippen molar-refractivity contribution in [1.29, 1.82) is 0 Å². The molecule has 1 aliphatic heterocycles. The number of hydrogen-bond donors (Lipinski definition) is 3. The van der Waals surface area contributed by atoms with Gasteiger partial charge in [-0.2, -0.15) is 18.3 Å². The van der Waals surface area contributed by atoms with E-state index >= 15 is 0 Å². The number of amides is 1. The van der Waals surface area contributed by atoms with Crippen molar-refractivity contribution in [3.8, 4) is 28.3 Å². The van der Waals surface area contributed by atoms with Gasteiger partial charge in [-0.05, 0) is 49.4 Å². The van der Waals surface area contributed by atoms with Crippen molar-refractivity contribution in [3.05, 3.63) is 59.9 Å². The van der Waals surface area contributed by atoms with Gasteiger partial charge in [0.2, 0.25) is 0 Å². The van der Waals surface area contributed by atoms with Gasteiger partial charge in [0.1, 0.15) is 23.7 Å². The fraction of sp³-hybridized carbons (Fsp3) is 0.250. The minimum Gasteiger partial charge on any atom is -0.491 e. The van der Waals surface area contributed by atoms with Crippen LogP contribution in [0.15, 0.2) is 48.7 Å². The summed E-state index contributed by atoms with van der Waals surface area (Å²) < 4.78 is 52.5. The lowest BCUT2D eigenvalue weighted by atomic mass is 9.99. The van der Waals surface area contributed by atoms with Gasteiger partial charge in [-0.15, -0.1) is 0 Å². The molecule has 10 nitrogen and oxygen atoms in total. The van der Waals surface area contributed by atoms with Crippen molar-refractivity contribution >= 4 is 17.6 Å². The molecule has 0 bridgehead atoms. The molecule has 0 spiro atoms. The molecule has 0 atom stereocenters. The van der Waals surface area contributed by atoms with Crippen LogP contribution in [0, 0.1) is 6.92 Å². The van der Waals surface area contributed by atoms with E-state index in [0.29, 0.717) is 28.5 Å². The molecular formula is C24H21F3N6O4. The Bertz CT molecular complexity index is 1480. The van der Waals surface area contributed by atoms with Crippen LogP contribution in [0.25, 0.3) is 28.2 Å². The highest BCUT2D eigenvalue weighted by atomic mass is 19.4. The number of aryl methyl sites for hydroxylation is 1. The second-order valence-electron chi connectivity index (χ2n) is 8.71. The average Bonchev–Trinajstić information content (AvgIpc) is 3.15. The molecule has 3 aromatic heterocycles. The number of nitrogen functional groups attached to an aromatic ring is 1. The van der Waals surface area contributed by atoms with Crippen LogP contribution in [-0.2, 0) is 10.9 Å². The summed E-state index contributed by atoms with van der Waals surface area (Å²) in [6.45, 7) is 2.23. The number of carboxylic acid groups (broad SMARTS) is 1. The lowest BCUT2D eigenvalue weighted by Crippen LogP contribution is -2.65. The van der Waals surface area contributed by atoms with Crippen molar-refractivity contribution < 1.29 is 32.5 Å². The smallest absolute Gasteiger partial charge is 0.419 e. The summed E-state index contributed by atoms with van der Waals surface area (Å²) >= 11 is 0. The summed E-state index contributed by atoms with van der Waals surface area (Å²) in [5.74, 6) is -0.0803. The first-order valence-corrected chi connectivity index (χ1v) is 11.1. The molecule has 4 heterocycles. The molecule has 0 aliphatic carbocycles. The fourth-order valence-corrected chi connectivity index (χ4v) is 4.07. The highest BCUT2D eigenvalue weighted by molar-refractivity contribution is 5.70. The molecule has 5 rings (SSSR count). The van der Waals surface area contributed by atoms with Crippen LogP contribution in [0.4, 0.5) is 23.8 Å². The summed E-state index contributed by atoms with van der Waals surface area (Å²) in [4.78, 5) is 19.2. The number of alkyl halides is 3. The van der Waals surface area contributed by atoms with Crippen LogP contribution in [0.3, 0.4) is 0 Å². The second kappa shape index (κ2) is 8.92. The molecule has 4 aromatic rings. The number of pyridine rings is 1. The second-order valence-corrected chi connectivity index (χ2v) is 8.71. The standard InChI is InChI=1S/C24H21F3N6O4/c1-13-20(15-8-17(24(25,26)27)21(28)29-9-15)33-19(30-13)7-6-18(32-33)14-2-4-16(5-3-14)37-12-23(10-36-11-23)31-22(34)35/h2-9,31H,10-12H2,1H3,(H2,28,29)(H,34,35). The van der Waals surface area contributed by atoms with Gasteiger partial charge < -0.3 is 25.6 Å². The Morgan fingerprint density at radius 2 is 1.95 bits per heavy atom. The molecule has 4 N–H and O–H groups in total. The van der Waals surface area contributed by atoms with Crippen LogP contribution >= 0.6 is 0 Å². The maximum atomic E-state index is 13.4. The van der Waals surface area contributed by atoms with Gasteiger partial charge in [-0.1, -0.05) is 0 Å². The Labute approximate surface area is 207 Å². The molecule has 1 aliphatic rings.